The first-order valence-corrected chi connectivity index (χ1v) is 6.69. The van der Waals surface area contributed by atoms with Crippen molar-refractivity contribution in [2.45, 2.75) is 19.3 Å². The van der Waals surface area contributed by atoms with Crippen LogP contribution in [0.2, 0.25) is 15.1 Å². The number of nitrogens with one attached hydrogen (secondary N) is 1. The molecule has 17 heavy (non-hydrogen) atoms. The van der Waals surface area contributed by atoms with Crippen LogP contribution in [0, 0.1) is 0 Å². The van der Waals surface area contributed by atoms with Crippen molar-refractivity contribution in [2.75, 3.05) is 5.43 Å². The minimum Gasteiger partial charge on any atom is -0.273 e. The molecule has 1 saturated carbocycles. The molecule has 1 aliphatic rings. The van der Waals surface area contributed by atoms with Crippen molar-refractivity contribution < 1.29 is 0 Å². The highest BCUT2D eigenvalue weighted by Gasteiger charge is 2.06. The predicted octanol–water partition coefficient (Wildman–Crippen LogP) is 5.98. The molecule has 0 heterocycles. The summed E-state index contributed by atoms with van der Waals surface area (Å²) in [7, 11) is 0. The lowest BCUT2D eigenvalue weighted by Gasteiger charge is -2.05. The van der Waals surface area contributed by atoms with Gasteiger partial charge in [0.15, 0.2) is 0 Å². The Balaban J connectivity index is 0.000000415. The van der Waals surface area contributed by atoms with E-state index < -0.39 is 0 Å². The number of hydrogen-bond acceptors (Lipinski definition) is 2. The highest BCUT2D eigenvalue weighted by Crippen LogP contribution is 2.33. The summed E-state index contributed by atoms with van der Waals surface area (Å²) in [5.74, 6) is 0. The summed E-state index contributed by atoms with van der Waals surface area (Å²) in [5.41, 5.74) is 2.91. The minimum atomic E-state index is -0.174. The van der Waals surface area contributed by atoms with Crippen LogP contribution in [0.5, 0.6) is 0 Å². The summed E-state index contributed by atoms with van der Waals surface area (Å²) in [6.45, 7) is 0. The lowest BCUT2D eigenvalue weighted by atomic mass is 10.3. The second-order valence-electron chi connectivity index (χ2n) is 3.27. The maximum Gasteiger partial charge on any atom is 0.215 e. The fourth-order valence-corrected chi connectivity index (χ4v) is 1.73. The van der Waals surface area contributed by atoms with Gasteiger partial charge in [0, 0.05) is 5.02 Å². The van der Waals surface area contributed by atoms with Crippen molar-refractivity contribution in [3.63, 3.8) is 0 Å². The molecule has 0 amide bonds. The molecule has 0 saturated heterocycles. The largest absolute Gasteiger partial charge is 0.273 e. The lowest BCUT2D eigenvalue weighted by Crippen LogP contribution is -1.92. The predicted molar refractivity (Wildman–Crippen MR) is 78.1 cm³/mol. The normalized spacial score (nSPS) is 12.3. The molecule has 0 spiro atoms. The number of rotatable bonds is 2. The van der Waals surface area contributed by atoms with Crippen LogP contribution in [0.25, 0.3) is 0 Å². The van der Waals surface area contributed by atoms with Crippen molar-refractivity contribution >= 4 is 68.3 Å². The fourth-order valence-electron chi connectivity index (χ4n) is 0.747. The first-order valence-electron chi connectivity index (χ1n) is 4.80. The van der Waals surface area contributed by atoms with E-state index in [1.54, 1.807) is 0 Å². The first kappa shape index (κ1) is 15.2. The van der Waals surface area contributed by atoms with E-state index in [-0.39, 0.29) is 4.63 Å². The molecule has 1 aliphatic carbocycles. The van der Waals surface area contributed by atoms with Gasteiger partial charge in [0.25, 0.3) is 0 Å². The van der Waals surface area contributed by atoms with Gasteiger partial charge < -0.3 is 0 Å². The highest BCUT2D eigenvalue weighted by atomic mass is 35.5. The zero-order valence-corrected chi connectivity index (χ0v) is 12.4. The third-order valence-corrected chi connectivity index (χ3v) is 2.60. The van der Waals surface area contributed by atoms with E-state index in [0.717, 1.165) is 0 Å². The van der Waals surface area contributed by atoms with Gasteiger partial charge in [0.2, 0.25) is 4.63 Å². The van der Waals surface area contributed by atoms with Crippen LogP contribution in [-0.4, -0.2) is 4.63 Å². The van der Waals surface area contributed by atoms with Gasteiger partial charge in [0.05, 0.1) is 15.7 Å². The second kappa shape index (κ2) is 7.55. The first-order chi connectivity index (χ1) is 8.00. The van der Waals surface area contributed by atoms with Crippen LogP contribution in [0.15, 0.2) is 17.2 Å². The van der Waals surface area contributed by atoms with Crippen LogP contribution < -0.4 is 5.43 Å². The lowest BCUT2D eigenvalue weighted by molar-refractivity contribution is 1.36. The molecular weight excluding hydrogens is 325 g/mol. The van der Waals surface area contributed by atoms with Gasteiger partial charge in [-0.25, -0.2) is 0 Å². The van der Waals surface area contributed by atoms with E-state index in [1.807, 2.05) is 0 Å². The van der Waals surface area contributed by atoms with Gasteiger partial charge in [0.1, 0.15) is 0 Å². The zero-order valence-electron chi connectivity index (χ0n) is 8.61. The van der Waals surface area contributed by atoms with Crippen molar-refractivity contribution in [1.82, 2.24) is 0 Å². The molecule has 1 N–H and O–H groups in total. The molecule has 1 aromatic carbocycles. The van der Waals surface area contributed by atoms with Crippen LogP contribution in [0.4, 0.5) is 5.69 Å². The maximum atomic E-state index is 5.83. The van der Waals surface area contributed by atoms with E-state index >= 15 is 0 Å². The molecule has 94 valence electrons. The topological polar surface area (TPSA) is 24.4 Å². The molecule has 2 nitrogen and oxygen atoms in total. The molecule has 7 heteroatoms. The molecule has 1 aromatic rings. The SMILES string of the molecule is C1CC1.ClC(Cl)=NNc1c(Cl)cc(Cl)cc1Cl. The number of hydrazone groups is 1. The summed E-state index contributed by atoms with van der Waals surface area (Å²) >= 11 is 28.0. The van der Waals surface area contributed by atoms with Gasteiger partial charge in [-0.15, -0.1) is 0 Å². The highest BCUT2D eigenvalue weighted by molar-refractivity contribution is 6.95. The van der Waals surface area contributed by atoms with Gasteiger partial charge in [-0.2, -0.15) is 5.10 Å². The Morgan fingerprint density at radius 2 is 1.47 bits per heavy atom. The third-order valence-electron chi connectivity index (χ3n) is 1.61. The van der Waals surface area contributed by atoms with Gasteiger partial charge >= 0.3 is 0 Å². The Hall–Kier alpha value is 0.140. The van der Waals surface area contributed by atoms with Crippen molar-refractivity contribution in [3.8, 4) is 0 Å². The van der Waals surface area contributed by atoms with E-state index in [2.05, 4.69) is 10.5 Å². The molecular formula is C10H9Cl5N2. The Morgan fingerprint density at radius 1 is 1.00 bits per heavy atom. The third kappa shape index (κ3) is 6.58. The Labute approximate surface area is 125 Å². The molecule has 0 radical (unpaired) electrons. The Bertz CT molecular complexity index is 387. The van der Waals surface area contributed by atoms with E-state index in [1.165, 1.54) is 31.4 Å². The summed E-state index contributed by atoms with van der Waals surface area (Å²) in [4.78, 5) is 0. The average molecular weight is 334 g/mol. The smallest absolute Gasteiger partial charge is 0.215 e. The second-order valence-corrected chi connectivity index (χ2v) is 5.43. The average Bonchev–Trinajstić information content (AvgIpc) is 3.01. The van der Waals surface area contributed by atoms with Crippen LogP contribution >= 0.6 is 58.0 Å². The molecule has 1 fully saturated rings. The molecule has 0 unspecified atom stereocenters. The molecule has 0 bridgehead atoms. The summed E-state index contributed by atoms with van der Waals surface area (Å²) in [5, 5.41) is 4.64. The summed E-state index contributed by atoms with van der Waals surface area (Å²) < 4.78 is -0.174. The number of halogens is 5. The maximum absolute atomic E-state index is 5.83. The summed E-state index contributed by atoms with van der Waals surface area (Å²) in [6.07, 6.45) is 4.50. The van der Waals surface area contributed by atoms with Gasteiger partial charge in [-0.3, -0.25) is 5.43 Å². The molecule has 0 aliphatic heterocycles. The minimum absolute atomic E-state index is 0.174. The number of benzene rings is 1. The number of anilines is 1. The van der Waals surface area contributed by atoms with E-state index in [9.17, 15) is 0 Å². The van der Waals surface area contributed by atoms with Crippen LogP contribution in [0.1, 0.15) is 19.3 Å². The van der Waals surface area contributed by atoms with Crippen molar-refractivity contribution in [2.24, 2.45) is 5.10 Å². The van der Waals surface area contributed by atoms with Crippen LogP contribution in [0.3, 0.4) is 0 Å². The van der Waals surface area contributed by atoms with Gasteiger partial charge in [-0.05, 0) is 35.3 Å². The zero-order chi connectivity index (χ0) is 12.8. The summed E-state index contributed by atoms with van der Waals surface area (Å²) in [6, 6.07) is 3.05. The quantitative estimate of drug-likeness (QED) is 0.522. The van der Waals surface area contributed by atoms with Crippen molar-refractivity contribution in [3.05, 3.63) is 27.2 Å². The number of hydrogen-bond donors (Lipinski definition) is 1. The molecule has 0 atom stereocenters. The molecule has 0 aromatic heterocycles. The van der Waals surface area contributed by atoms with Gasteiger partial charge in [-0.1, -0.05) is 54.1 Å². The molecule has 2 rings (SSSR count). The fraction of sp³-hybridized carbons (Fsp3) is 0.300. The Morgan fingerprint density at radius 3 is 1.82 bits per heavy atom. The van der Waals surface area contributed by atoms with Crippen molar-refractivity contribution in [1.29, 1.82) is 0 Å². The van der Waals surface area contributed by atoms with E-state index in [0.29, 0.717) is 20.8 Å². The standard InChI is InChI=1S/C7H3Cl5N2.C3H6/c8-3-1-4(9)6(5(10)2-3)13-14-7(11)12;1-2-3-1/h1-2,13H;1-3H2. The van der Waals surface area contributed by atoms with E-state index in [4.69, 9.17) is 58.0 Å². The number of nitrogens with zero attached hydrogens (tertiary/aromatic N) is 1. The monoisotopic (exact) mass is 332 g/mol. The Kier molecular flexibility index (Phi) is 6.75. The van der Waals surface area contributed by atoms with Crippen LogP contribution in [-0.2, 0) is 0 Å².